The number of aryl methyl sites for hydroxylation is 2. The maximum Gasteiger partial charge on any atom is 0.323 e. The van der Waals surface area contributed by atoms with Crippen molar-refractivity contribution in [3.05, 3.63) is 49.8 Å². The van der Waals surface area contributed by atoms with Crippen LogP contribution in [0.2, 0.25) is 0 Å². The van der Waals surface area contributed by atoms with E-state index >= 15 is 0 Å². The Bertz CT molecular complexity index is 945. The fourth-order valence-electron chi connectivity index (χ4n) is 3.07. The molecule has 3 N–H and O–H groups in total. The summed E-state index contributed by atoms with van der Waals surface area (Å²) in [5.41, 5.74) is 2.77. The van der Waals surface area contributed by atoms with E-state index in [-0.39, 0.29) is 17.6 Å². The number of carbonyl (C=O) groups is 1. The van der Waals surface area contributed by atoms with Crippen molar-refractivity contribution >= 4 is 28.3 Å². The van der Waals surface area contributed by atoms with E-state index in [1.54, 1.807) is 29.5 Å². The third kappa shape index (κ3) is 2.75. The van der Waals surface area contributed by atoms with Gasteiger partial charge in [0, 0.05) is 10.4 Å². The second-order valence-electron chi connectivity index (χ2n) is 6.16. The number of fused-ring (bicyclic) bond motifs is 2. The number of carbonyl (C=O) groups excluding carboxylic acids is 1. The summed E-state index contributed by atoms with van der Waals surface area (Å²) in [4.78, 5) is 35.2. The van der Waals surface area contributed by atoms with Gasteiger partial charge in [0.2, 0.25) is 0 Å². The standard InChI is InChI=1S/C17H18N4O2S/c1-9(16-19-12-4-2-3-5-14(12)24-16)18-15(22)10-6-7-11-13(8-10)21-17(23)20-11/h6-9H,2-5H2,1H3,(H,18,22)(H2,20,21,23)/t9-/m0/s1. The molecule has 0 aliphatic heterocycles. The molecule has 3 aromatic rings. The maximum absolute atomic E-state index is 12.5. The Hall–Kier alpha value is -2.41. The second-order valence-corrected chi connectivity index (χ2v) is 7.28. The monoisotopic (exact) mass is 342 g/mol. The van der Waals surface area contributed by atoms with E-state index in [0.717, 1.165) is 17.8 Å². The zero-order valence-corrected chi connectivity index (χ0v) is 14.1. The van der Waals surface area contributed by atoms with Gasteiger partial charge >= 0.3 is 5.69 Å². The van der Waals surface area contributed by atoms with Gasteiger partial charge < -0.3 is 15.3 Å². The number of H-pyrrole nitrogens is 2. The van der Waals surface area contributed by atoms with Crippen LogP contribution in [0.4, 0.5) is 0 Å². The molecule has 0 spiro atoms. The van der Waals surface area contributed by atoms with Gasteiger partial charge in [-0.1, -0.05) is 0 Å². The average Bonchev–Trinajstić information content (AvgIpc) is 3.15. The molecule has 7 heteroatoms. The van der Waals surface area contributed by atoms with Crippen molar-refractivity contribution in [1.29, 1.82) is 0 Å². The first-order valence-corrected chi connectivity index (χ1v) is 8.93. The van der Waals surface area contributed by atoms with Crippen LogP contribution in [0.5, 0.6) is 0 Å². The summed E-state index contributed by atoms with van der Waals surface area (Å²) in [6, 6.07) is 4.99. The summed E-state index contributed by atoms with van der Waals surface area (Å²) in [6.45, 7) is 1.96. The summed E-state index contributed by atoms with van der Waals surface area (Å²) >= 11 is 1.71. The normalized spacial score (nSPS) is 15.2. The van der Waals surface area contributed by atoms with Gasteiger partial charge in [-0.3, -0.25) is 4.79 Å². The van der Waals surface area contributed by atoms with Crippen LogP contribution in [0, 0.1) is 0 Å². The van der Waals surface area contributed by atoms with Crippen LogP contribution >= 0.6 is 11.3 Å². The molecule has 2 aromatic heterocycles. The van der Waals surface area contributed by atoms with Crippen LogP contribution in [0.25, 0.3) is 11.0 Å². The number of hydrogen-bond acceptors (Lipinski definition) is 4. The van der Waals surface area contributed by atoms with E-state index in [2.05, 4.69) is 15.3 Å². The highest BCUT2D eigenvalue weighted by Gasteiger charge is 2.20. The molecule has 6 nitrogen and oxygen atoms in total. The van der Waals surface area contributed by atoms with E-state index in [1.807, 2.05) is 6.92 Å². The third-order valence-electron chi connectivity index (χ3n) is 4.36. The van der Waals surface area contributed by atoms with Crippen molar-refractivity contribution < 1.29 is 4.79 Å². The van der Waals surface area contributed by atoms with Crippen molar-refractivity contribution in [2.45, 2.75) is 38.6 Å². The van der Waals surface area contributed by atoms with Crippen LogP contribution < -0.4 is 11.0 Å². The van der Waals surface area contributed by atoms with Gasteiger partial charge in [-0.25, -0.2) is 9.78 Å². The van der Waals surface area contributed by atoms with Crippen molar-refractivity contribution in [3.63, 3.8) is 0 Å². The summed E-state index contributed by atoms with van der Waals surface area (Å²) in [6.07, 6.45) is 4.57. The van der Waals surface area contributed by atoms with Crippen molar-refractivity contribution in [2.24, 2.45) is 0 Å². The number of hydrogen-bond donors (Lipinski definition) is 3. The molecule has 0 fully saturated rings. The van der Waals surface area contributed by atoms with Crippen molar-refractivity contribution in [1.82, 2.24) is 20.3 Å². The van der Waals surface area contributed by atoms with E-state index in [0.29, 0.717) is 16.6 Å². The second kappa shape index (κ2) is 5.90. The Morgan fingerprint density at radius 3 is 2.88 bits per heavy atom. The van der Waals surface area contributed by atoms with Crippen LogP contribution in [-0.4, -0.2) is 20.9 Å². The first-order valence-electron chi connectivity index (χ1n) is 8.11. The molecule has 0 saturated heterocycles. The fourth-order valence-corrected chi connectivity index (χ4v) is 4.23. The van der Waals surface area contributed by atoms with Gasteiger partial charge in [0.25, 0.3) is 5.91 Å². The van der Waals surface area contributed by atoms with Crippen LogP contribution in [0.1, 0.15) is 51.7 Å². The lowest BCUT2D eigenvalue weighted by Gasteiger charge is -2.11. The summed E-state index contributed by atoms with van der Waals surface area (Å²) in [7, 11) is 0. The first-order chi connectivity index (χ1) is 11.6. The van der Waals surface area contributed by atoms with Crippen molar-refractivity contribution in [2.75, 3.05) is 0 Å². The smallest absolute Gasteiger partial charge is 0.323 e. The molecule has 4 rings (SSSR count). The molecule has 0 bridgehead atoms. The van der Waals surface area contributed by atoms with E-state index in [1.165, 1.54) is 23.4 Å². The molecule has 0 radical (unpaired) electrons. The zero-order valence-electron chi connectivity index (χ0n) is 13.3. The average molecular weight is 342 g/mol. The maximum atomic E-state index is 12.5. The van der Waals surface area contributed by atoms with Gasteiger partial charge in [0.1, 0.15) is 5.01 Å². The molecule has 2 heterocycles. The SMILES string of the molecule is C[C@H](NC(=O)c1ccc2[nH]c(=O)[nH]c2c1)c1nc2c(s1)CCCC2. The minimum Gasteiger partial charge on any atom is -0.343 e. The Morgan fingerprint density at radius 2 is 2.04 bits per heavy atom. The van der Waals surface area contributed by atoms with Crippen LogP contribution in [0.15, 0.2) is 23.0 Å². The Morgan fingerprint density at radius 1 is 1.25 bits per heavy atom. The minimum absolute atomic E-state index is 0.130. The summed E-state index contributed by atoms with van der Waals surface area (Å²) in [5, 5.41) is 3.96. The fraction of sp³-hybridized carbons (Fsp3) is 0.353. The topological polar surface area (TPSA) is 90.6 Å². The number of aromatic amines is 2. The number of aromatic nitrogens is 3. The summed E-state index contributed by atoms with van der Waals surface area (Å²) < 4.78 is 0. The molecule has 1 aliphatic carbocycles. The van der Waals surface area contributed by atoms with E-state index in [4.69, 9.17) is 4.98 Å². The number of imidazole rings is 1. The Balaban J connectivity index is 1.53. The van der Waals surface area contributed by atoms with Gasteiger partial charge in [-0.05, 0) is 50.8 Å². The highest BCUT2D eigenvalue weighted by atomic mass is 32.1. The molecule has 24 heavy (non-hydrogen) atoms. The van der Waals surface area contributed by atoms with Crippen LogP contribution in [-0.2, 0) is 12.8 Å². The number of nitrogens with one attached hydrogen (secondary N) is 3. The number of thiazole rings is 1. The zero-order chi connectivity index (χ0) is 16.7. The van der Waals surface area contributed by atoms with E-state index in [9.17, 15) is 9.59 Å². The Labute approximate surface area is 142 Å². The number of benzene rings is 1. The third-order valence-corrected chi connectivity index (χ3v) is 5.70. The predicted molar refractivity (Wildman–Crippen MR) is 93.6 cm³/mol. The molecular weight excluding hydrogens is 324 g/mol. The number of amides is 1. The Kier molecular flexibility index (Phi) is 3.72. The molecule has 0 unspecified atom stereocenters. The minimum atomic E-state index is -0.274. The predicted octanol–water partition coefficient (Wildman–Crippen LogP) is 2.68. The van der Waals surface area contributed by atoms with Crippen molar-refractivity contribution in [3.8, 4) is 0 Å². The molecular formula is C17H18N4O2S. The molecule has 1 amide bonds. The lowest BCUT2D eigenvalue weighted by molar-refractivity contribution is 0.0940. The summed E-state index contributed by atoms with van der Waals surface area (Å²) in [5.74, 6) is -0.167. The number of nitrogens with zero attached hydrogens (tertiary/aromatic N) is 1. The van der Waals surface area contributed by atoms with E-state index < -0.39 is 0 Å². The number of rotatable bonds is 3. The molecule has 1 atom stereocenters. The first kappa shape index (κ1) is 15.1. The molecule has 1 aliphatic rings. The van der Waals surface area contributed by atoms with Crippen LogP contribution in [0.3, 0.4) is 0 Å². The van der Waals surface area contributed by atoms with Gasteiger partial charge in [0.15, 0.2) is 0 Å². The largest absolute Gasteiger partial charge is 0.343 e. The highest BCUT2D eigenvalue weighted by molar-refractivity contribution is 7.11. The van der Waals surface area contributed by atoms with Gasteiger partial charge in [-0.15, -0.1) is 11.3 Å². The van der Waals surface area contributed by atoms with Gasteiger partial charge in [-0.2, -0.15) is 0 Å². The quantitative estimate of drug-likeness (QED) is 0.683. The van der Waals surface area contributed by atoms with Gasteiger partial charge in [0.05, 0.1) is 22.8 Å². The molecule has 124 valence electrons. The molecule has 1 aromatic carbocycles. The molecule has 0 saturated carbocycles. The lowest BCUT2D eigenvalue weighted by atomic mass is 10.0. The highest BCUT2D eigenvalue weighted by Crippen LogP contribution is 2.29. The lowest BCUT2D eigenvalue weighted by Crippen LogP contribution is -2.26.